The molecule has 2 rings (SSSR count). The number of anilines is 1. The summed E-state index contributed by atoms with van der Waals surface area (Å²) in [5, 5.41) is 0. The summed E-state index contributed by atoms with van der Waals surface area (Å²) in [5.74, 6) is -0.561. The van der Waals surface area contributed by atoms with Crippen molar-refractivity contribution in [2.45, 2.75) is 6.42 Å². The normalized spacial score (nSPS) is 19.0. The Balaban J connectivity index is 2.08. The van der Waals surface area contributed by atoms with Gasteiger partial charge in [0.2, 0.25) is 0 Å². The monoisotopic (exact) mass is 251 g/mol. The van der Waals surface area contributed by atoms with Gasteiger partial charge in [0, 0.05) is 26.3 Å². The number of aromatic nitrogens is 1. The highest BCUT2D eigenvalue weighted by molar-refractivity contribution is 5.94. The van der Waals surface area contributed by atoms with Gasteiger partial charge in [-0.1, -0.05) is 0 Å². The van der Waals surface area contributed by atoms with E-state index >= 15 is 0 Å². The van der Waals surface area contributed by atoms with E-state index < -0.39 is 0 Å². The first-order chi connectivity index (χ1) is 8.52. The molecule has 2 N–H and O–H groups in total. The van der Waals surface area contributed by atoms with Crippen molar-refractivity contribution in [1.29, 1.82) is 0 Å². The van der Waals surface area contributed by atoms with Crippen LogP contribution in [0.1, 0.15) is 16.9 Å². The molecule has 98 valence electrons. The fourth-order valence-electron chi connectivity index (χ4n) is 2.27. The number of esters is 1. The van der Waals surface area contributed by atoms with Crippen LogP contribution in [0.3, 0.4) is 0 Å². The highest BCUT2D eigenvalue weighted by atomic mass is 16.5. The SMILES string of the molecule is COC(=O)C1CCN(C(=O)c2cc(N)cn2C)C1. The van der Waals surface area contributed by atoms with Gasteiger partial charge in [-0.25, -0.2) is 0 Å². The van der Waals surface area contributed by atoms with Crippen LogP contribution in [0.2, 0.25) is 0 Å². The summed E-state index contributed by atoms with van der Waals surface area (Å²) in [6.07, 6.45) is 2.35. The molecule has 2 heterocycles. The molecule has 1 aromatic rings. The van der Waals surface area contributed by atoms with Crippen molar-refractivity contribution >= 4 is 17.6 Å². The number of ether oxygens (including phenoxy) is 1. The van der Waals surface area contributed by atoms with Gasteiger partial charge in [0.05, 0.1) is 18.7 Å². The van der Waals surface area contributed by atoms with E-state index in [2.05, 4.69) is 0 Å². The molecule has 1 amide bonds. The number of likely N-dealkylation sites (tertiary alicyclic amines) is 1. The Kier molecular flexibility index (Phi) is 3.27. The molecule has 18 heavy (non-hydrogen) atoms. The van der Waals surface area contributed by atoms with E-state index in [1.165, 1.54) is 7.11 Å². The van der Waals surface area contributed by atoms with Crippen LogP contribution in [0.25, 0.3) is 0 Å². The quantitative estimate of drug-likeness (QED) is 0.764. The lowest BCUT2D eigenvalue weighted by molar-refractivity contribution is -0.144. The van der Waals surface area contributed by atoms with E-state index in [9.17, 15) is 9.59 Å². The van der Waals surface area contributed by atoms with Crippen molar-refractivity contribution < 1.29 is 14.3 Å². The van der Waals surface area contributed by atoms with Crippen LogP contribution in [0.15, 0.2) is 12.3 Å². The molecule has 1 aliphatic rings. The molecule has 0 aliphatic carbocycles. The third-order valence-corrected chi connectivity index (χ3v) is 3.26. The van der Waals surface area contributed by atoms with E-state index in [-0.39, 0.29) is 17.8 Å². The van der Waals surface area contributed by atoms with E-state index in [1.807, 2.05) is 0 Å². The average Bonchev–Trinajstić information content (AvgIpc) is 2.94. The summed E-state index contributed by atoms with van der Waals surface area (Å²) in [7, 11) is 3.14. The molecule has 6 heteroatoms. The number of carbonyl (C=O) groups excluding carboxylic acids is 2. The van der Waals surface area contributed by atoms with Gasteiger partial charge in [0.15, 0.2) is 0 Å². The molecule has 1 unspecified atom stereocenters. The zero-order valence-electron chi connectivity index (χ0n) is 10.5. The second-order valence-electron chi connectivity index (χ2n) is 4.53. The number of rotatable bonds is 2. The lowest BCUT2D eigenvalue weighted by Gasteiger charge is -2.16. The zero-order valence-corrected chi connectivity index (χ0v) is 10.5. The van der Waals surface area contributed by atoms with Gasteiger partial charge in [-0.15, -0.1) is 0 Å². The minimum absolute atomic E-state index is 0.0967. The minimum atomic E-state index is -0.253. The number of methoxy groups -OCH3 is 1. The summed E-state index contributed by atoms with van der Waals surface area (Å²) in [4.78, 5) is 25.3. The summed E-state index contributed by atoms with van der Waals surface area (Å²) in [6.45, 7) is 0.986. The Labute approximate surface area is 105 Å². The molecule has 0 aromatic carbocycles. The first-order valence-corrected chi connectivity index (χ1v) is 5.82. The first kappa shape index (κ1) is 12.5. The van der Waals surface area contributed by atoms with Crippen LogP contribution >= 0.6 is 0 Å². The van der Waals surface area contributed by atoms with Crippen LogP contribution in [-0.2, 0) is 16.6 Å². The Morgan fingerprint density at radius 3 is 2.78 bits per heavy atom. The van der Waals surface area contributed by atoms with Gasteiger partial charge in [-0.05, 0) is 12.5 Å². The molecule has 1 saturated heterocycles. The number of hydrogen-bond donors (Lipinski definition) is 1. The van der Waals surface area contributed by atoms with Gasteiger partial charge in [-0.2, -0.15) is 0 Å². The highest BCUT2D eigenvalue weighted by Gasteiger charge is 2.32. The van der Waals surface area contributed by atoms with Crippen molar-refractivity contribution in [1.82, 2.24) is 9.47 Å². The maximum Gasteiger partial charge on any atom is 0.310 e. The van der Waals surface area contributed by atoms with Gasteiger partial charge in [0.25, 0.3) is 5.91 Å². The number of nitrogens with two attached hydrogens (primary N) is 1. The Hall–Kier alpha value is -1.98. The molecule has 0 saturated carbocycles. The van der Waals surface area contributed by atoms with E-state index in [4.69, 9.17) is 10.5 Å². The molecular weight excluding hydrogens is 234 g/mol. The molecular formula is C12H17N3O3. The lowest BCUT2D eigenvalue weighted by Crippen LogP contribution is -2.31. The number of nitrogens with zero attached hydrogens (tertiary/aromatic N) is 2. The van der Waals surface area contributed by atoms with Crippen LogP contribution in [0.4, 0.5) is 5.69 Å². The molecule has 0 spiro atoms. The standard InChI is InChI=1S/C12H17N3O3/c1-14-7-9(13)5-10(14)11(16)15-4-3-8(6-15)12(17)18-2/h5,7-8H,3-4,6,13H2,1-2H3. The largest absolute Gasteiger partial charge is 0.469 e. The van der Waals surface area contributed by atoms with Crippen molar-refractivity contribution in [2.75, 3.05) is 25.9 Å². The van der Waals surface area contributed by atoms with E-state index in [0.717, 1.165) is 0 Å². The van der Waals surface area contributed by atoms with Crippen LogP contribution < -0.4 is 5.73 Å². The van der Waals surface area contributed by atoms with Crippen molar-refractivity contribution in [3.8, 4) is 0 Å². The zero-order chi connectivity index (χ0) is 13.3. The molecule has 0 bridgehead atoms. The number of carbonyl (C=O) groups is 2. The summed E-state index contributed by atoms with van der Waals surface area (Å²) >= 11 is 0. The highest BCUT2D eigenvalue weighted by Crippen LogP contribution is 2.20. The number of nitrogen functional groups attached to an aromatic ring is 1. The first-order valence-electron chi connectivity index (χ1n) is 5.82. The predicted molar refractivity (Wildman–Crippen MR) is 65.9 cm³/mol. The average molecular weight is 251 g/mol. The molecule has 1 aromatic heterocycles. The summed E-state index contributed by atoms with van der Waals surface area (Å²) in [6, 6.07) is 1.65. The number of hydrogen-bond acceptors (Lipinski definition) is 4. The smallest absolute Gasteiger partial charge is 0.310 e. The Bertz CT molecular complexity index is 481. The predicted octanol–water partition coefficient (Wildman–Crippen LogP) is 0.242. The third kappa shape index (κ3) is 2.18. The van der Waals surface area contributed by atoms with Crippen LogP contribution in [0, 0.1) is 5.92 Å². The van der Waals surface area contributed by atoms with Crippen molar-refractivity contribution in [3.63, 3.8) is 0 Å². The fraction of sp³-hybridized carbons (Fsp3) is 0.500. The second kappa shape index (κ2) is 4.72. The number of amides is 1. The minimum Gasteiger partial charge on any atom is -0.469 e. The maximum absolute atomic E-state index is 12.2. The Morgan fingerprint density at radius 1 is 1.50 bits per heavy atom. The molecule has 1 fully saturated rings. The lowest BCUT2D eigenvalue weighted by atomic mass is 10.1. The molecule has 1 aliphatic heterocycles. The number of aryl methyl sites for hydroxylation is 1. The second-order valence-corrected chi connectivity index (χ2v) is 4.53. The van der Waals surface area contributed by atoms with Gasteiger partial charge >= 0.3 is 5.97 Å². The molecule has 1 atom stereocenters. The maximum atomic E-state index is 12.2. The van der Waals surface area contributed by atoms with Crippen molar-refractivity contribution in [2.24, 2.45) is 13.0 Å². The third-order valence-electron chi connectivity index (χ3n) is 3.26. The van der Waals surface area contributed by atoms with Gasteiger partial charge < -0.3 is 19.9 Å². The summed E-state index contributed by atoms with van der Waals surface area (Å²) < 4.78 is 6.39. The van der Waals surface area contributed by atoms with Crippen LogP contribution in [0.5, 0.6) is 0 Å². The molecule has 6 nitrogen and oxygen atoms in total. The van der Waals surface area contributed by atoms with Gasteiger partial charge in [0.1, 0.15) is 5.69 Å². The topological polar surface area (TPSA) is 77.6 Å². The molecule has 0 radical (unpaired) electrons. The van der Waals surface area contributed by atoms with Crippen LogP contribution in [-0.4, -0.2) is 41.5 Å². The van der Waals surface area contributed by atoms with Crippen molar-refractivity contribution in [3.05, 3.63) is 18.0 Å². The Morgan fingerprint density at radius 2 is 2.22 bits per heavy atom. The summed E-state index contributed by atoms with van der Waals surface area (Å²) in [5.41, 5.74) is 6.75. The fourth-order valence-corrected chi connectivity index (χ4v) is 2.27. The van der Waals surface area contributed by atoms with Gasteiger partial charge in [-0.3, -0.25) is 9.59 Å². The van der Waals surface area contributed by atoms with E-state index in [1.54, 1.807) is 28.8 Å². The van der Waals surface area contributed by atoms with E-state index in [0.29, 0.717) is 30.9 Å².